The number of carbonyl (C=O) groups is 3. The number of phenols is 1. The lowest BCUT2D eigenvalue weighted by molar-refractivity contribution is -0.150. The first kappa shape index (κ1) is 19.0. The number of carbonyl (C=O) groups excluding carboxylic acids is 2. The summed E-state index contributed by atoms with van der Waals surface area (Å²) in [5.41, 5.74) is 6.93. The van der Waals surface area contributed by atoms with Crippen LogP contribution in [0, 0.1) is 0 Å². The largest absolute Gasteiger partial charge is 0.508 e. The van der Waals surface area contributed by atoms with Crippen LogP contribution in [0.4, 0.5) is 0 Å². The Balaban J connectivity index is 1.74. The number of allylic oxidation sites excluding steroid dienone is 2. The SMILES string of the molecule is C/C=C\C1=C(C(=O)O)N2C(=O)[C@@H](NC(=O)C(N)c3ccc(O)cc3)[C@H]2SC1. The third-order valence-electron chi connectivity index (χ3n) is 4.40. The Labute approximate surface area is 159 Å². The van der Waals surface area contributed by atoms with Gasteiger partial charge in [-0.1, -0.05) is 24.3 Å². The number of β-lactam (4-membered cyclic amide) rings is 1. The Hall–Kier alpha value is -2.78. The first-order chi connectivity index (χ1) is 12.8. The number of hydrogen-bond acceptors (Lipinski definition) is 6. The zero-order chi connectivity index (χ0) is 19.7. The van der Waals surface area contributed by atoms with Crippen molar-refractivity contribution in [1.82, 2.24) is 10.2 Å². The van der Waals surface area contributed by atoms with Crippen LogP contribution in [0.3, 0.4) is 0 Å². The number of nitrogens with zero attached hydrogens (tertiary/aromatic N) is 1. The van der Waals surface area contributed by atoms with E-state index in [9.17, 15) is 24.6 Å². The van der Waals surface area contributed by atoms with Crippen molar-refractivity contribution in [2.75, 3.05) is 5.75 Å². The molecule has 8 nitrogen and oxygen atoms in total. The van der Waals surface area contributed by atoms with Gasteiger partial charge in [0, 0.05) is 5.75 Å². The van der Waals surface area contributed by atoms with Gasteiger partial charge in [-0.25, -0.2) is 4.79 Å². The third kappa shape index (κ3) is 3.43. The highest BCUT2D eigenvalue weighted by Gasteiger charge is 2.54. The number of aromatic hydroxyl groups is 1. The highest BCUT2D eigenvalue weighted by Crippen LogP contribution is 2.40. The molecule has 27 heavy (non-hydrogen) atoms. The van der Waals surface area contributed by atoms with E-state index in [0.29, 0.717) is 16.9 Å². The van der Waals surface area contributed by atoms with Crippen molar-refractivity contribution < 1.29 is 24.6 Å². The van der Waals surface area contributed by atoms with E-state index in [-0.39, 0.29) is 11.4 Å². The Morgan fingerprint density at radius 2 is 2.04 bits per heavy atom. The number of carboxylic acid groups (broad SMARTS) is 1. The standard InChI is InChI=1S/C18H19N3O5S/c1-2-3-10-8-27-17-13(16(24)21(17)14(10)18(25)26)20-15(23)12(19)9-4-6-11(22)7-5-9/h2-7,12-13,17,22H,8,19H2,1H3,(H,20,23)(H,25,26)/b3-2-/t12?,13-,17-/m1/s1. The van der Waals surface area contributed by atoms with Crippen LogP contribution in [0.15, 0.2) is 47.7 Å². The van der Waals surface area contributed by atoms with E-state index in [0.717, 1.165) is 0 Å². The lowest BCUT2D eigenvalue weighted by atomic mass is 10.0. The second-order valence-electron chi connectivity index (χ2n) is 6.14. The van der Waals surface area contributed by atoms with E-state index in [1.54, 1.807) is 19.1 Å². The maximum absolute atomic E-state index is 12.5. The molecule has 3 rings (SSSR count). The molecule has 1 saturated heterocycles. The fourth-order valence-corrected chi connectivity index (χ4v) is 4.37. The number of aliphatic carboxylic acids is 1. The highest BCUT2D eigenvalue weighted by atomic mass is 32.2. The van der Waals surface area contributed by atoms with Crippen LogP contribution in [0.25, 0.3) is 0 Å². The average molecular weight is 389 g/mol. The summed E-state index contributed by atoms with van der Waals surface area (Å²) in [6.45, 7) is 1.77. The number of nitrogens with two attached hydrogens (primary N) is 1. The van der Waals surface area contributed by atoms with Crippen LogP contribution < -0.4 is 11.1 Å². The summed E-state index contributed by atoms with van der Waals surface area (Å²) in [5.74, 6) is -1.71. The molecule has 1 fully saturated rings. The predicted molar refractivity (Wildman–Crippen MR) is 99.5 cm³/mol. The normalized spacial score (nSPS) is 23.0. The molecule has 1 unspecified atom stereocenters. The summed E-state index contributed by atoms with van der Waals surface area (Å²) in [5, 5.41) is 20.9. The number of phenolic OH excluding ortho intramolecular Hbond substituents is 1. The molecule has 0 radical (unpaired) electrons. The molecule has 9 heteroatoms. The van der Waals surface area contributed by atoms with Gasteiger partial charge >= 0.3 is 5.97 Å². The molecule has 0 aromatic heterocycles. The minimum Gasteiger partial charge on any atom is -0.508 e. The maximum Gasteiger partial charge on any atom is 0.352 e. The van der Waals surface area contributed by atoms with Crippen LogP contribution in [0.5, 0.6) is 5.75 Å². The molecule has 2 aliphatic heterocycles. The molecule has 1 aromatic rings. The fourth-order valence-electron chi connectivity index (χ4n) is 3.05. The molecule has 2 heterocycles. The first-order valence-corrected chi connectivity index (χ1v) is 9.28. The van der Waals surface area contributed by atoms with Gasteiger partial charge in [-0.15, -0.1) is 11.8 Å². The number of benzene rings is 1. The summed E-state index contributed by atoms with van der Waals surface area (Å²) >= 11 is 1.39. The molecule has 0 aliphatic carbocycles. The van der Waals surface area contributed by atoms with Crippen molar-refractivity contribution in [2.24, 2.45) is 5.73 Å². The zero-order valence-electron chi connectivity index (χ0n) is 14.5. The number of carboxylic acids is 1. The summed E-state index contributed by atoms with van der Waals surface area (Å²) in [7, 11) is 0. The number of hydrogen-bond donors (Lipinski definition) is 4. The molecule has 1 aromatic carbocycles. The minimum atomic E-state index is -1.17. The van der Waals surface area contributed by atoms with E-state index < -0.39 is 35.2 Å². The Morgan fingerprint density at radius 1 is 1.37 bits per heavy atom. The number of thioether (sulfide) groups is 1. The van der Waals surface area contributed by atoms with Gasteiger partial charge in [0.15, 0.2) is 0 Å². The number of nitrogens with one attached hydrogen (secondary N) is 1. The smallest absolute Gasteiger partial charge is 0.352 e. The topological polar surface area (TPSA) is 133 Å². The van der Waals surface area contributed by atoms with Crippen LogP contribution in [0.1, 0.15) is 18.5 Å². The molecule has 3 atom stereocenters. The van der Waals surface area contributed by atoms with Crippen molar-refractivity contribution in [3.05, 3.63) is 53.3 Å². The van der Waals surface area contributed by atoms with Crippen LogP contribution in [-0.4, -0.2) is 50.1 Å². The van der Waals surface area contributed by atoms with Gasteiger partial charge in [0.2, 0.25) is 5.91 Å². The van der Waals surface area contributed by atoms with Crippen molar-refractivity contribution in [3.63, 3.8) is 0 Å². The predicted octanol–water partition coefficient (Wildman–Crippen LogP) is 0.707. The molecular weight excluding hydrogens is 370 g/mol. The summed E-state index contributed by atoms with van der Waals surface area (Å²) in [6, 6.07) is 4.06. The lowest BCUT2D eigenvalue weighted by Gasteiger charge is -2.49. The van der Waals surface area contributed by atoms with Crippen molar-refractivity contribution in [2.45, 2.75) is 24.4 Å². The minimum absolute atomic E-state index is 0.0461. The van der Waals surface area contributed by atoms with Crippen LogP contribution in [0.2, 0.25) is 0 Å². The Bertz CT molecular complexity index is 849. The van der Waals surface area contributed by atoms with Crippen LogP contribution in [-0.2, 0) is 14.4 Å². The third-order valence-corrected chi connectivity index (χ3v) is 5.70. The Kier molecular flexibility index (Phi) is 5.24. The van der Waals surface area contributed by atoms with Gasteiger partial charge in [0.25, 0.3) is 5.91 Å². The molecule has 142 valence electrons. The van der Waals surface area contributed by atoms with Gasteiger partial charge in [-0.05, 0) is 30.2 Å². The number of rotatable bonds is 5. The van der Waals surface area contributed by atoms with Gasteiger partial charge in [0.05, 0.1) is 0 Å². The van der Waals surface area contributed by atoms with E-state index in [4.69, 9.17) is 5.73 Å². The summed E-state index contributed by atoms with van der Waals surface area (Å²) in [6.07, 6.45) is 3.39. The van der Waals surface area contributed by atoms with Gasteiger partial charge in [-0.3, -0.25) is 14.5 Å². The van der Waals surface area contributed by atoms with E-state index in [1.807, 2.05) is 0 Å². The maximum atomic E-state index is 12.5. The summed E-state index contributed by atoms with van der Waals surface area (Å²) < 4.78 is 0. The van der Waals surface area contributed by atoms with E-state index >= 15 is 0 Å². The first-order valence-electron chi connectivity index (χ1n) is 8.24. The zero-order valence-corrected chi connectivity index (χ0v) is 15.3. The molecule has 0 bridgehead atoms. The van der Waals surface area contributed by atoms with Crippen molar-refractivity contribution >= 4 is 29.5 Å². The monoisotopic (exact) mass is 389 g/mol. The quantitative estimate of drug-likeness (QED) is 0.545. The van der Waals surface area contributed by atoms with Gasteiger partial charge < -0.3 is 21.3 Å². The molecule has 2 aliphatic rings. The lowest BCUT2D eigenvalue weighted by Crippen LogP contribution is -2.71. The summed E-state index contributed by atoms with van der Waals surface area (Å²) in [4.78, 5) is 37.7. The molecule has 0 saturated carbocycles. The molecule has 0 spiro atoms. The average Bonchev–Trinajstić information content (AvgIpc) is 2.65. The highest BCUT2D eigenvalue weighted by molar-refractivity contribution is 8.00. The van der Waals surface area contributed by atoms with E-state index in [2.05, 4.69) is 5.32 Å². The molecular formula is C18H19N3O5S. The number of amides is 2. The molecule has 5 N–H and O–H groups in total. The number of fused-ring (bicyclic) bond motifs is 1. The van der Waals surface area contributed by atoms with Gasteiger partial charge in [-0.2, -0.15) is 0 Å². The molecule has 2 amide bonds. The fraction of sp³-hybridized carbons (Fsp3) is 0.278. The second kappa shape index (κ2) is 7.45. The van der Waals surface area contributed by atoms with Crippen LogP contribution >= 0.6 is 11.8 Å². The van der Waals surface area contributed by atoms with E-state index in [1.165, 1.54) is 40.9 Å². The Morgan fingerprint density at radius 3 is 2.63 bits per heavy atom. The van der Waals surface area contributed by atoms with Gasteiger partial charge in [0.1, 0.15) is 28.9 Å². The van der Waals surface area contributed by atoms with Crippen molar-refractivity contribution in [3.8, 4) is 5.75 Å². The second-order valence-corrected chi connectivity index (χ2v) is 7.25. The van der Waals surface area contributed by atoms with Crippen molar-refractivity contribution in [1.29, 1.82) is 0 Å².